The Bertz CT molecular complexity index is 1010. The maximum Gasteiger partial charge on any atom is 0.228 e. The number of nitrogens with one attached hydrogen (secondary N) is 1. The van der Waals surface area contributed by atoms with Gasteiger partial charge in [0.25, 0.3) is 0 Å². The molecule has 8 heteroatoms. The third-order valence-corrected chi connectivity index (χ3v) is 6.16. The predicted octanol–water partition coefficient (Wildman–Crippen LogP) is 2.87. The Balaban J connectivity index is 1.29. The van der Waals surface area contributed by atoms with Crippen LogP contribution in [0.15, 0.2) is 48.5 Å². The third kappa shape index (κ3) is 4.79. The first-order valence-electron chi connectivity index (χ1n) is 10.8. The lowest BCUT2D eigenvalue weighted by Crippen LogP contribution is -2.45. The van der Waals surface area contributed by atoms with Crippen LogP contribution in [0.1, 0.15) is 24.8 Å². The Morgan fingerprint density at radius 2 is 1.72 bits per heavy atom. The molecule has 6 nitrogen and oxygen atoms in total. The number of amides is 3. The van der Waals surface area contributed by atoms with Crippen molar-refractivity contribution in [1.82, 2.24) is 10.2 Å². The summed E-state index contributed by atoms with van der Waals surface area (Å²) in [4.78, 5) is 40.7. The molecular weight excluding hydrogens is 416 g/mol. The quantitative estimate of drug-likeness (QED) is 0.776. The van der Waals surface area contributed by atoms with Crippen LogP contribution in [0.5, 0.6) is 0 Å². The van der Waals surface area contributed by atoms with Gasteiger partial charge in [0.2, 0.25) is 17.7 Å². The second-order valence-electron chi connectivity index (χ2n) is 8.30. The molecule has 2 heterocycles. The largest absolute Gasteiger partial charge is 0.352 e. The van der Waals surface area contributed by atoms with E-state index in [1.165, 1.54) is 11.0 Å². The Morgan fingerprint density at radius 1 is 1.00 bits per heavy atom. The summed E-state index contributed by atoms with van der Waals surface area (Å²) >= 11 is 0. The van der Waals surface area contributed by atoms with Crippen molar-refractivity contribution in [3.63, 3.8) is 0 Å². The van der Waals surface area contributed by atoms with Crippen LogP contribution in [0.25, 0.3) is 0 Å². The molecule has 2 aromatic carbocycles. The summed E-state index contributed by atoms with van der Waals surface area (Å²) < 4.78 is 27.3. The lowest BCUT2D eigenvalue weighted by Gasteiger charge is -2.33. The average molecular weight is 441 g/mol. The number of benzene rings is 2. The van der Waals surface area contributed by atoms with E-state index in [9.17, 15) is 23.2 Å². The topological polar surface area (TPSA) is 69.7 Å². The van der Waals surface area contributed by atoms with Crippen LogP contribution in [0.4, 0.5) is 14.5 Å². The smallest absolute Gasteiger partial charge is 0.228 e. The second kappa shape index (κ2) is 9.46. The zero-order chi connectivity index (χ0) is 22.7. The van der Waals surface area contributed by atoms with Gasteiger partial charge in [0.05, 0.1) is 11.6 Å². The van der Waals surface area contributed by atoms with Gasteiger partial charge in [-0.25, -0.2) is 8.78 Å². The zero-order valence-corrected chi connectivity index (χ0v) is 17.6. The highest BCUT2D eigenvalue weighted by Crippen LogP contribution is 2.30. The Labute approximate surface area is 185 Å². The van der Waals surface area contributed by atoms with Crippen molar-refractivity contribution in [2.24, 2.45) is 11.8 Å². The summed E-state index contributed by atoms with van der Waals surface area (Å²) in [5.74, 6) is -2.81. The highest BCUT2D eigenvalue weighted by molar-refractivity contribution is 6.00. The van der Waals surface area contributed by atoms with Crippen LogP contribution in [-0.2, 0) is 20.9 Å². The number of piperidine rings is 1. The molecule has 1 N–H and O–H groups in total. The molecule has 0 spiro atoms. The molecule has 0 radical (unpaired) electrons. The zero-order valence-electron chi connectivity index (χ0n) is 17.6. The minimum absolute atomic E-state index is 0.00681. The molecule has 0 saturated carbocycles. The first kappa shape index (κ1) is 21.9. The van der Waals surface area contributed by atoms with Crippen molar-refractivity contribution in [2.45, 2.75) is 25.8 Å². The standard InChI is InChI=1S/C24H25F2N3O3/c25-19-6-7-21(20(26)13-19)29-15-18(12-22(29)30)24(32)28-10-8-17(9-11-28)23(31)27-14-16-4-2-1-3-5-16/h1-7,13,17-18H,8-12,14-15H2,(H,27,31). The number of hydrogen-bond donors (Lipinski definition) is 1. The summed E-state index contributed by atoms with van der Waals surface area (Å²) in [6.45, 7) is 1.42. The number of carbonyl (C=O) groups is 3. The molecule has 4 rings (SSSR count). The molecular formula is C24H25F2N3O3. The minimum atomic E-state index is -0.825. The van der Waals surface area contributed by atoms with Crippen molar-refractivity contribution in [2.75, 3.05) is 24.5 Å². The highest BCUT2D eigenvalue weighted by Gasteiger charge is 2.39. The molecule has 2 fully saturated rings. The fraction of sp³-hybridized carbons (Fsp3) is 0.375. The molecule has 168 valence electrons. The molecule has 2 saturated heterocycles. The lowest BCUT2D eigenvalue weighted by molar-refractivity contribution is -0.139. The summed E-state index contributed by atoms with van der Waals surface area (Å²) in [6.07, 6.45) is 1.11. The predicted molar refractivity (Wildman–Crippen MR) is 114 cm³/mol. The number of carbonyl (C=O) groups excluding carboxylic acids is 3. The number of halogens is 2. The summed E-state index contributed by atoms with van der Waals surface area (Å²) in [6, 6.07) is 12.7. The van der Waals surface area contributed by atoms with Crippen molar-refractivity contribution in [1.29, 1.82) is 0 Å². The van der Waals surface area contributed by atoms with Crippen LogP contribution >= 0.6 is 0 Å². The minimum Gasteiger partial charge on any atom is -0.352 e. The van der Waals surface area contributed by atoms with Crippen LogP contribution in [0.3, 0.4) is 0 Å². The molecule has 1 atom stereocenters. The summed E-state index contributed by atoms with van der Waals surface area (Å²) in [7, 11) is 0. The normalized spacial score (nSPS) is 19.3. The van der Waals surface area contributed by atoms with Gasteiger partial charge < -0.3 is 15.1 Å². The van der Waals surface area contributed by atoms with Gasteiger partial charge in [-0.2, -0.15) is 0 Å². The van der Waals surface area contributed by atoms with Gasteiger partial charge in [-0.05, 0) is 30.5 Å². The number of hydrogen-bond acceptors (Lipinski definition) is 3. The molecule has 3 amide bonds. The molecule has 1 unspecified atom stereocenters. The molecule has 32 heavy (non-hydrogen) atoms. The molecule has 0 aromatic heterocycles. The van der Waals surface area contributed by atoms with Gasteiger partial charge in [-0.1, -0.05) is 30.3 Å². The van der Waals surface area contributed by atoms with E-state index in [2.05, 4.69) is 5.32 Å². The summed E-state index contributed by atoms with van der Waals surface area (Å²) in [5.41, 5.74) is 1.02. The van der Waals surface area contributed by atoms with Crippen LogP contribution < -0.4 is 10.2 Å². The second-order valence-corrected chi connectivity index (χ2v) is 8.30. The first-order valence-corrected chi connectivity index (χ1v) is 10.8. The van der Waals surface area contributed by atoms with E-state index in [1.54, 1.807) is 4.90 Å². The van der Waals surface area contributed by atoms with E-state index in [0.29, 0.717) is 32.5 Å². The van der Waals surface area contributed by atoms with Gasteiger partial charge in [0, 0.05) is 44.6 Å². The van der Waals surface area contributed by atoms with Crippen molar-refractivity contribution in [3.8, 4) is 0 Å². The van der Waals surface area contributed by atoms with Crippen molar-refractivity contribution in [3.05, 3.63) is 65.7 Å². The van der Waals surface area contributed by atoms with E-state index >= 15 is 0 Å². The van der Waals surface area contributed by atoms with Crippen LogP contribution in [0.2, 0.25) is 0 Å². The van der Waals surface area contributed by atoms with E-state index in [-0.39, 0.29) is 42.3 Å². The molecule has 2 aromatic rings. The fourth-order valence-corrected chi connectivity index (χ4v) is 4.36. The fourth-order valence-electron chi connectivity index (χ4n) is 4.36. The molecule has 2 aliphatic heterocycles. The lowest BCUT2D eigenvalue weighted by atomic mass is 9.94. The molecule has 0 bridgehead atoms. The van der Waals surface area contributed by atoms with Gasteiger partial charge >= 0.3 is 0 Å². The third-order valence-electron chi connectivity index (χ3n) is 6.16. The van der Waals surface area contributed by atoms with E-state index in [1.807, 2.05) is 30.3 Å². The van der Waals surface area contributed by atoms with Crippen LogP contribution in [0, 0.1) is 23.5 Å². The number of likely N-dealkylation sites (tertiary alicyclic amines) is 1. The monoisotopic (exact) mass is 441 g/mol. The van der Waals surface area contributed by atoms with E-state index in [0.717, 1.165) is 17.7 Å². The molecule has 0 aliphatic carbocycles. The van der Waals surface area contributed by atoms with Crippen molar-refractivity contribution >= 4 is 23.4 Å². The maximum absolute atomic E-state index is 14.1. The van der Waals surface area contributed by atoms with Gasteiger partial charge in [0.15, 0.2) is 0 Å². The average Bonchev–Trinajstić information content (AvgIpc) is 3.19. The highest BCUT2D eigenvalue weighted by atomic mass is 19.1. The van der Waals surface area contributed by atoms with Crippen LogP contribution in [-0.4, -0.2) is 42.3 Å². The van der Waals surface area contributed by atoms with Gasteiger partial charge in [-0.3, -0.25) is 14.4 Å². The molecule has 2 aliphatic rings. The SMILES string of the molecule is O=C(NCc1ccccc1)C1CCN(C(=O)C2CC(=O)N(c3ccc(F)cc3F)C2)CC1. The number of rotatable bonds is 5. The maximum atomic E-state index is 14.1. The van der Waals surface area contributed by atoms with E-state index < -0.39 is 17.6 Å². The number of anilines is 1. The van der Waals surface area contributed by atoms with Crippen molar-refractivity contribution < 1.29 is 23.2 Å². The first-order chi connectivity index (χ1) is 15.4. The van der Waals surface area contributed by atoms with Gasteiger partial charge in [0.1, 0.15) is 11.6 Å². The summed E-state index contributed by atoms with van der Waals surface area (Å²) in [5, 5.41) is 2.95. The van der Waals surface area contributed by atoms with E-state index in [4.69, 9.17) is 0 Å². The number of nitrogens with zero attached hydrogens (tertiary/aromatic N) is 2. The Hall–Kier alpha value is -3.29. The van der Waals surface area contributed by atoms with Gasteiger partial charge in [-0.15, -0.1) is 0 Å². The Kier molecular flexibility index (Phi) is 6.48. The Morgan fingerprint density at radius 3 is 2.41 bits per heavy atom.